The first-order chi connectivity index (χ1) is 6.60. The molecular formula is C12H23NO. The summed E-state index contributed by atoms with van der Waals surface area (Å²) in [5, 5.41) is 0. The van der Waals surface area contributed by atoms with Crippen LogP contribution in [0.5, 0.6) is 0 Å². The van der Waals surface area contributed by atoms with Gasteiger partial charge in [0, 0.05) is 0 Å². The Morgan fingerprint density at radius 3 is 2.21 bits per heavy atom. The van der Waals surface area contributed by atoms with E-state index in [0.717, 1.165) is 11.8 Å². The average Bonchev–Trinajstić information content (AvgIpc) is 2.11. The highest BCUT2D eigenvalue weighted by molar-refractivity contribution is 5.63. The quantitative estimate of drug-likeness (QED) is 0.509. The molecule has 1 saturated carbocycles. The second kappa shape index (κ2) is 7.74. The van der Waals surface area contributed by atoms with Crippen molar-refractivity contribution < 1.29 is 4.79 Å². The third-order valence-electron chi connectivity index (χ3n) is 2.55. The van der Waals surface area contributed by atoms with E-state index in [9.17, 15) is 0 Å². The van der Waals surface area contributed by atoms with Crippen LogP contribution < -0.4 is 0 Å². The summed E-state index contributed by atoms with van der Waals surface area (Å²) < 4.78 is 0. The SMILES string of the molecule is C=CC=O.CC1CC(CCN(C)C)C1. The van der Waals surface area contributed by atoms with Gasteiger partial charge in [-0.1, -0.05) is 13.5 Å². The van der Waals surface area contributed by atoms with Crippen LogP contribution in [-0.4, -0.2) is 31.8 Å². The maximum atomic E-state index is 9.06. The van der Waals surface area contributed by atoms with Crippen LogP contribution in [0.25, 0.3) is 0 Å². The minimum absolute atomic E-state index is 0.639. The molecule has 0 aromatic rings. The number of carbonyl (C=O) groups is 1. The number of hydrogen-bond acceptors (Lipinski definition) is 2. The molecule has 0 amide bonds. The minimum Gasteiger partial charge on any atom is -0.309 e. The normalized spacial score (nSPS) is 24.6. The van der Waals surface area contributed by atoms with Crippen molar-refractivity contribution in [1.82, 2.24) is 4.90 Å². The maximum Gasteiger partial charge on any atom is 0.142 e. The molecule has 0 atom stereocenters. The summed E-state index contributed by atoms with van der Waals surface area (Å²) in [4.78, 5) is 11.3. The molecule has 0 bridgehead atoms. The zero-order valence-electron chi connectivity index (χ0n) is 9.70. The van der Waals surface area contributed by atoms with Gasteiger partial charge >= 0.3 is 0 Å². The smallest absolute Gasteiger partial charge is 0.142 e. The Balaban J connectivity index is 0.000000364. The van der Waals surface area contributed by atoms with Gasteiger partial charge < -0.3 is 4.90 Å². The van der Waals surface area contributed by atoms with Crippen molar-refractivity contribution in [2.24, 2.45) is 11.8 Å². The first kappa shape index (κ1) is 13.4. The Bertz CT molecular complexity index is 154. The first-order valence-electron chi connectivity index (χ1n) is 5.31. The summed E-state index contributed by atoms with van der Waals surface area (Å²) in [6, 6.07) is 0. The van der Waals surface area contributed by atoms with E-state index in [4.69, 9.17) is 4.79 Å². The summed E-state index contributed by atoms with van der Waals surface area (Å²) >= 11 is 0. The van der Waals surface area contributed by atoms with Gasteiger partial charge in [0.15, 0.2) is 0 Å². The molecule has 0 aliphatic heterocycles. The van der Waals surface area contributed by atoms with Crippen molar-refractivity contribution in [3.63, 3.8) is 0 Å². The molecule has 0 aromatic carbocycles. The van der Waals surface area contributed by atoms with Crippen molar-refractivity contribution in [1.29, 1.82) is 0 Å². The predicted octanol–water partition coefficient (Wildman–Crippen LogP) is 2.36. The number of aldehydes is 1. The highest BCUT2D eigenvalue weighted by atomic mass is 16.1. The van der Waals surface area contributed by atoms with Crippen molar-refractivity contribution in [2.75, 3.05) is 20.6 Å². The van der Waals surface area contributed by atoms with Crippen molar-refractivity contribution in [3.8, 4) is 0 Å². The van der Waals surface area contributed by atoms with Gasteiger partial charge in [-0.2, -0.15) is 0 Å². The van der Waals surface area contributed by atoms with Crippen molar-refractivity contribution >= 4 is 6.29 Å². The van der Waals surface area contributed by atoms with Crippen LogP contribution in [-0.2, 0) is 4.79 Å². The van der Waals surface area contributed by atoms with Crippen LogP contribution in [0.3, 0.4) is 0 Å². The molecule has 2 nitrogen and oxygen atoms in total. The van der Waals surface area contributed by atoms with Crippen molar-refractivity contribution in [3.05, 3.63) is 12.7 Å². The van der Waals surface area contributed by atoms with E-state index in [-0.39, 0.29) is 0 Å². The second-order valence-electron chi connectivity index (χ2n) is 4.41. The lowest BCUT2D eigenvalue weighted by molar-refractivity contribution is -0.104. The zero-order chi connectivity index (χ0) is 11.0. The highest BCUT2D eigenvalue weighted by Gasteiger charge is 2.24. The minimum atomic E-state index is 0.639. The van der Waals surface area contributed by atoms with E-state index in [2.05, 4.69) is 32.5 Å². The Morgan fingerprint density at radius 2 is 1.93 bits per heavy atom. The first-order valence-corrected chi connectivity index (χ1v) is 5.31. The fourth-order valence-electron chi connectivity index (χ4n) is 1.75. The van der Waals surface area contributed by atoms with Crippen LogP contribution in [0, 0.1) is 11.8 Å². The molecular weight excluding hydrogens is 174 g/mol. The number of rotatable bonds is 4. The Kier molecular flexibility index (Phi) is 7.40. The lowest BCUT2D eigenvalue weighted by atomic mass is 9.74. The van der Waals surface area contributed by atoms with E-state index in [1.165, 1.54) is 31.9 Å². The second-order valence-corrected chi connectivity index (χ2v) is 4.41. The standard InChI is InChI=1S/C9H19N.C3H4O/c1-8-6-9(7-8)4-5-10(2)3;1-2-3-4/h8-9H,4-7H2,1-3H3;2-3H,1H2. The topological polar surface area (TPSA) is 20.3 Å². The molecule has 0 saturated heterocycles. The van der Waals surface area contributed by atoms with Gasteiger partial charge in [-0.25, -0.2) is 0 Å². The molecule has 14 heavy (non-hydrogen) atoms. The van der Waals surface area contributed by atoms with Gasteiger partial charge in [-0.3, -0.25) is 4.79 Å². The molecule has 0 N–H and O–H groups in total. The summed E-state index contributed by atoms with van der Waals surface area (Å²) in [5.41, 5.74) is 0. The molecule has 0 unspecified atom stereocenters. The number of allylic oxidation sites excluding steroid dienone is 1. The molecule has 1 aliphatic carbocycles. The lowest BCUT2D eigenvalue weighted by Crippen LogP contribution is -2.25. The molecule has 1 aliphatic rings. The van der Waals surface area contributed by atoms with Crippen LogP contribution in [0.4, 0.5) is 0 Å². The average molecular weight is 197 g/mol. The number of hydrogen-bond donors (Lipinski definition) is 0. The van der Waals surface area contributed by atoms with E-state index in [1.54, 1.807) is 0 Å². The zero-order valence-corrected chi connectivity index (χ0v) is 9.70. The lowest BCUT2D eigenvalue weighted by Gasteiger charge is -2.33. The van der Waals surface area contributed by atoms with Crippen LogP contribution in [0.2, 0.25) is 0 Å². The van der Waals surface area contributed by atoms with Gasteiger partial charge in [-0.05, 0) is 57.8 Å². The van der Waals surface area contributed by atoms with Gasteiger partial charge in [0.2, 0.25) is 0 Å². The summed E-state index contributed by atoms with van der Waals surface area (Å²) in [6.45, 7) is 6.74. The largest absolute Gasteiger partial charge is 0.309 e. The van der Waals surface area contributed by atoms with E-state index in [0.29, 0.717) is 6.29 Å². The molecule has 0 aromatic heterocycles. The van der Waals surface area contributed by atoms with Crippen LogP contribution in [0.15, 0.2) is 12.7 Å². The van der Waals surface area contributed by atoms with E-state index in [1.807, 2.05) is 0 Å². The summed E-state index contributed by atoms with van der Waals surface area (Å²) in [6.07, 6.45) is 6.21. The number of nitrogens with zero attached hydrogens (tertiary/aromatic N) is 1. The molecule has 0 heterocycles. The highest BCUT2D eigenvalue weighted by Crippen LogP contribution is 2.35. The van der Waals surface area contributed by atoms with E-state index >= 15 is 0 Å². The molecule has 0 spiro atoms. The van der Waals surface area contributed by atoms with Gasteiger partial charge in [0.05, 0.1) is 0 Å². The number of carbonyl (C=O) groups excluding carboxylic acids is 1. The molecule has 1 rings (SSSR count). The van der Waals surface area contributed by atoms with E-state index < -0.39 is 0 Å². The van der Waals surface area contributed by atoms with Crippen LogP contribution >= 0.6 is 0 Å². The van der Waals surface area contributed by atoms with Gasteiger partial charge in [-0.15, -0.1) is 0 Å². The Morgan fingerprint density at radius 1 is 1.43 bits per heavy atom. The van der Waals surface area contributed by atoms with Gasteiger partial charge in [0.1, 0.15) is 6.29 Å². The predicted molar refractivity (Wildman–Crippen MR) is 61.3 cm³/mol. The fourth-order valence-corrected chi connectivity index (χ4v) is 1.75. The maximum absolute atomic E-state index is 9.06. The molecule has 0 radical (unpaired) electrons. The fraction of sp³-hybridized carbons (Fsp3) is 0.750. The molecule has 1 fully saturated rings. The van der Waals surface area contributed by atoms with Crippen LogP contribution in [0.1, 0.15) is 26.2 Å². The third kappa shape index (κ3) is 6.84. The summed E-state index contributed by atoms with van der Waals surface area (Å²) in [7, 11) is 4.31. The van der Waals surface area contributed by atoms with Crippen molar-refractivity contribution in [2.45, 2.75) is 26.2 Å². The monoisotopic (exact) mass is 197 g/mol. The Labute approximate surface area is 88.0 Å². The molecule has 2 heteroatoms. The van der Waals surface area contributed by atoms with Gasteiger partial charge in [0.25, 0.3) is 0 Å². The molecule has 82 valence electrons. The third-order valence-corrected chi connectivity index (χ3v) is 2.55. The Hall–Kier alpha value is -0.630. The summed E-state index contributed by atoms with van der Waals surface area (Å²) in [5.74, 6) is 2.07.